The van der Waals surface area contributed by atoms with Crippen LogP contribution in [0.25, 0.3) is 0 Å². The molecule has 1 unspecified atom stereocenters. The van der Waals surface area contributed by atoms with Crippen LogP contribution in [-0.4, -0.2) is 28.0 Å². The largest absolute Gasteiger partial charge is 0.356 e. The van der Waals surface area contributed by atoms with E-state index in [-0.39, 0.29) is 0 Å². The van der Waals surface area contributed by atoms with Crippen molar-refractivity contribution in [3.63, 3.8) is 0 Å². The summed E-state index contributed by atoms with van der Waals surface area (Å²) in [4.78, 5) is 16.1. The number of hydrogen-bond donors (Lipinski definition) is 0. The summed E-state index contributed by atoms with van der Waals surface area (Å²) in [6, 6.07) is 6.13. The van der Waals surface area contributed by atoms with Gasteiger partial charge in [-0.1, -0.05) is 6.07 Å². The molecule has 0 aromatic carbocycles. The van der Waals surface area contributed by atoms with E-state index in [0.717, 1.165) is 42.5 Å². The lowest BCUT2D eigenvalue weighted by atomic mass is 10.1. The van der Waals surface area contributed by atoms with Gasteiger partial charge >= 0.3 is 0 Å². The van der Waals surface area contributed by atoms with E-state index < -0.39 is 0 Å². The molecule has 20 heavy (non-hydrogen) atoms. The number of anilines is 1. The maximum atomic E-state index is 4.61. The van der Waals surface area contributed by atoms with Crippen molar-refractivity contribution in [1.82, 2.24) is 15.0 Å². The van der Waals surface area contributed by atoms with Crippen LogP contribution in [0.3, 0.4) is 0 Å². The fourth-order valence-corrected chi connectivity index (χ4v) is 2.91. The molecule has 104 valence electrons. The Balaban J connectivity index is 1.81. The van der Waals surface area contributed by atoms with Crippen LogP contribution in [0.4, 0.5) is 5.82 Å². The summed E-state index contributed by atoms with van der Waals surface area (Å²) >= 11 is 0. The van der Waals surface area contributed by atoms with Crippen LogP contribution in [0.2, 0.25) is 0 Å². The molecule has 0 spiro atoms. The summed E-state index contributed by atoms with van der Waals surface area (Å²) in [5.41, 5.74) is 3.34. The van der Waals surface area contributed by atoms with Gasteiger partial charge in [0, 0.05) is 36.6 Å². The second-order valence-corrected chi connectivity index (χ2v) is 5.58. The number of rotatable bonds is 2. The molecule has 4 nitrogen and oxygen atoms in total. The second kappa shape index (κ2) is 5.19. The van der Waals surface area contributed by atoms with E-state index in [4.69, 9.17) is 0 Å². The van der Waals surface area contributed by atoms with Gasteiger partial charge in [-0.05, 0) is 44.9 Å². The van der Waals surface area contributed by atoms with Gasteiger partial charge in [0.2, 0.25) is 0 Å². The van der Waals surface area contributed by atoms with Crippen molar-refractivity contribution in [2.75, 3.05) is 18.0 Å². The Bertz CT molecular complexity index is 603. The average Bonchev–Trinajstić information content (AvgIpc) is 2.87. The SMILES string of the molecule is Cc1cc(C)nc(C2CCN(c3ncccc3C)C2)n1. The van der Waals surface area contributed by atoms with Gasteiger partial charge in [0.15, 0.2) is 0 Å². The molecule has 0 aliphatic carbocycles. The maximum Gasteiger partial charge on any atom is 0.133 e. The van der Waals surface area contributed by atoms with Crippen LogP contribution in [0.5, 0.6) is 0 Å². The van der Waals surface area contributed by atoms with E-state index in [9.17, 15) is 0 Å². The van der Waals surface area contributed by atoms with Crippen molar-refractivity contribution in [2.24, 2.45) is 0 Å². The highest BCUT2D eigenvalue weighted by molar-refractivity contribution is 5.47. The van der Waals surface area contributed by atoms with Gasteiger partial charge in [-0.2, -0.15) is 0 Å². The molecule has 2 aromatic heterocycles. The molecule has 1 aliphatic rings. The first-order valence-electron chi connectivity index (χ1n) is 7.12. The normalized spacial score (nSPS) is 18.6. The Labute approximate surface area is 119 Å². The molecule has 3 rings (SSSR count). The fraction of sp³-hybridized carbons (Fsp3) is 0.438. The van der Waals surface area contributed by atoms with Gasteiger partial charge in [0.25, 0.3) is 0 Å². The Morgan fingerprint density at radius 1 is 1.15 bits per heavy atom. The van der Waals surface area contributed by atoms with Crippen LogP contribution in [-0.2, 0) is 0 Å². The number of aryl methyl sites for hydroxylation is 3. The molecule has 2 aromatic rings. The number of pyridine rings is 1. The summed E-state index contributed by atoms with van der Waals surface area (Å²) < 4.78 is 0. The van der Waals surface area contributed by atoms with Crippen molar-refractivity contribution < 1.29 is 0 Å². The van der Waals surface area contributed by atoms with Gasteiger partial charge in [0.05, 0.1) is 0 Å². The Hall–Kier alpha value is -1.97. The third-order valence-electron chi connectivity index (χ3n) is 3.83. The predicted octanol–water partition coefficient (Wildman–Crippen LogP) is 2.79. The van der Waals surface area contributed by atoms with E-state index in [1.54, 1.807) is 0 Å². The minimum Gasteiger partial charge on any atom is -0.356 e. The van der Waals surface area contributed by atoms with Crippen LogP contribution in [0.15, 0.2) is 24.4 Å². The molecule has 0 radical (unpaired) electrons. The lowest BCUT2D eigenvalue weighted by molar-refractivity contribution is 0.698. The van der Waals surface area contributed by atoms with E-state index in [1.165, 1.54) is 5.56 Å². The van der Waals surface area contributed by atoms with Crippen molar-refractivity contribution in [2.45, 2.75) is 33.1 Å². The maximum absolute atomic E-state index is 4.61. The number of nitrogens with zero attached hydrogens (tertiary/aromatic N) is 4. The molecule has 1 atom stereocenters. The van der Waals surface area contributed by atoms with Crippen LogP contribution < -0.4 is 4.90 Å². The van der Waals surface area contributed by atoms with Crippen LogP contribution in [0.1, 0.15) is 35.1 Å². The van der Waals surface area contributed by atoms with Gasteiger partial charge in [0.1, 0.15) is 11.6 Å². The molecule has 1 aliphatic heterocycles. The molecule has 4 heteroatoms. The van der Waals surface area contributed by atoms with Crippen molar-refractivity contribution in [3.8, 4) is 0 Å². The van der Waals surface area contributed by atoms with Gasteiger partial charge in [-0.25, -0.2) is 15.0 Å². The molecule has 0 saturated carbocycles. The average molecular weight is 268 g/mol. The molecule has 0 amide bonds. The summed E-state index contributed by atoms with van der Waals surface area (Å²) in [6.45, 7) is 8.17. The zero-order valence-electron chi connectivity index (χ0n) is 12.3. The summed E-state index contributed by atoms with van der Waals surface area (Å²) in [5, 5.41) is 0. The minimum atomic E-state index is 0.412. The van der Waals surface area contributed by atoms with Crippen molar-refractivity contribution in [1.29, 1.82) is 0 Å². The minimum absolute atomic E-state index is 0.412. The summed E-state index contributed by atoms with van der Waals surface area (Å²) in [5.74, 6) is 2.49. The zero-order chi connectivity index (χ0) is 14.1. The molecular weight excluding hydrogens is 248 g/mol. The Kier molecular flexibility index (Phi) is 3.38. The first kappa shape index (κ1) is 13.0. The van der Waals surface area contributed by atoms with E-state index in [2.05, 4.69) is 32.8 Å². The molecule has 3 heterocycles. The van der Waals surface area contributed by atoms with Gasteiger partial charge in [-0.15, -0.1) is 0 Å². The van der Waals surface area contributed by atoms with Gasteiger partial charge < -0.3 is 4.90 Å². The summed E-state index contributed by atoms with van der Waals surface area (Å²) in [6.07, 6.45) is 2.96. The first-order valence-corrected chi connectivity index (χ1v) is 7.12. The highest BCUT2D eigenvalue weighted by atomic mass is 15.2. The quantitative estimate of drug-likeness (QED) is 0.840. The molecule has 0 N–H and O–H groups in total. The molecule has 1 saturated heterocycles. The third kappa shape index (κ3) is 2.50. The molecular formula is C16H20N4. The highest BCUT2D eigenvalue weighted by Gasteiger charge is 2.27. The first-order chi connectivity index (χ1) is 9.63. The lowest BCUT2D eigenvalue weighted by Gasteiger charge is -2.19. The topological polar surface area (TPSA) is 41.9 Å². The predicted molar refractivity (Wildman–Crippen MR) is 80.1 cm³/mol. The third-order valence-corrected chi connectivity index (χ3v) is 3.83. The highest BCUT2D eigenvalue weighted by Crippen LogP contribution is 2.29. The Morgan fingerprint density at radius 2 is 1.90 bits per heavy atom. The van der Waals surface area contributed by atoms with Crippen LogP contribution >= 0.6 is 0 Å². The second-order valence-electron chi connectivity index (χ2n) is 5.58. The van der Waals surface area contributed by atoms with E-state index >= 15 is 0 Å². The number of hydrogen-bond acceptors (Lipinski definition) is 4. The van der Waals surface area contributed by atoms with Crippen LogP contribution in [0, 0.1) is 20.8 Å². The van der Waals surface area contributed by atoms with Crippen molar-refractivity contribution >= 4 is 5.82 Å². The standard InChI is InChI=1S/C16H20N4/c1-11-5-4-7-17-16(11)20-8-6-14(10-20)15-18-12(2)9-13(3)19-15/h4-5,7,9,14H,6,8,10H2,1-3H3. The number of aromatic nitrogens is 3. The van der Waals surface area contributed by atoms with E-state index in [0.29, 0.717) is 5.92 Å². The van der Waals surface area contributed by atoms with Crippen molar-refractivity contribution in [3.05, 3.63) is 47.2 Å². The summed E-state index contributed by atoms with van der Waals surface area (Å²) in [7, 11) is 0. The van der Waals surface area contributed by atoms with E-state index in [1.807, 2.05) is 32.2 Å². The lowest BCUT2D eigenvalue weighted by Crippen LogP contribution is -2.21. The Morgan fingerprint density at radius 3 is 2.60 bits per heavy atom. The molecule has 0 bridgehead atoms. The van der Waals surface area contributed by atoms with Gasteiger partial charge in [-0.3, -0.25) is 0 Å². The smallest absolute Gasteiger partial charge is 0.133 e. The zero-order valence-corrected chi connectivity index (χ0v) is 12.3. The monoisotopic (exact) mass is 268 g/mol. The fourth-order valence-electron chi connectivity index (χ4n) is 2.91. The molecule has 1 fully saturated rings.